The summed E-state index contributed by atoms with van der Waals surface area (Å²) in [6.07, 6.45) is 0. The van der Waals surface area contributed by atoms with E-state index in [9.17, 15) is 8.42 Å². The van der Waals surface area contributed by atoms with Crippen LogP contribution in [0.1, 0.15) is 11.3 Å². The number of rotatable bonds is 3. The predicted molar refractivity (Wildman–Crippen MR) is 73.7 cm³/mol. The Bertz CT molecular complexity index is 779. The van der Waals surface area contributed by atoms with Gasteiger partial charge in [-0.1, -0.05) is 17.7 Å². The van der Waals surface area contributed by atoms with Crippen LogP contribution in [0.15, 0.2) is 35.2 Å². The average Bonchev–Trinajstić information content (AvgIpc) is 2.37. The summed E-state index contributed by atoms with van der Waals surface area (Å²) < 4.78 is 26.5. The van der Waals surface area contributed by atoms with Gasteiger partial charge in [0.15, 0.2) is 0 Å². The maximum absolute atomic E-state index is 12.1. The largest absolute Gasteiger partial charge is 0.264 e. The highest BCUT2D eigenvalue weighted by Crippen LogP contribution is 2.16. The number of nitrogens with zero attached hydrogens (tertiary/aromatic N) is 3. The SMILES string of the molecule is Cc1cc(Cl)nc(NS(=O)(=O)c2cccc(C#N)c2)n1. The number of aromatic nitrogens is 2. The van der Waals surface area contributed by atoms with E-state index in [4.69, 9.17) is 16.9 Å². The molecule has 0 aliphatic rings. The number of anilines is 1. The normalized spacial score (nSPS) is 10.8. The molecule has 1 heterocycles. The van der Waals surface area contributed by atoms with Crippen LogP contribution in [0.3, 0.4) is 0 Å². The molecule has 1 aromatic carbocycles. The standard InChI is InChI=1S/C12H9ClN4O2S/c1-8-5-11(13)16-12(15-8)17-20(18,19)10-4-2-3-9(6-10)7-14/h2-6H,1H3,(H,15,16,17). The summed E-state index contributed by atoms with van der Waals surface area (Å²) in [7, 11) is -3.86. The molecule has 0 bridgehead atoms. The van der Waals surface area contributed by atoms with E-state index in [1.165, 1.54) is 30.3 Å². The lowest BCUT2D eigenvalue weighted by Gasteiger charge is -2.07. The summed E-state index contributed by atoms with van der Waals surface area (Å²) in [4.78, 5) is 7.68. The lowest BCUT2D eigenvalue weighted by atomic mass is 10.2. The van der Waals surface area contributed by atoms with Crippen molar-refractivity contribution in [3.63, 3.8) is 0 Å². The predicted octanol–water partition coefficient (Wildman–Crippen LogP) is 2.11. The molecule has 0 spiro atoms. The summed E-state index contributed by atoms with van der Waals surface area (Å²) >= 11 is 5.74. The zero-order valence-electron chi connectivity index (χ0n) is 10.3. The minimum atomic E-state index is -3.86. The Morgan fingerprint density at radius 1 is 1.30 bits per heavy atom. The number of nitrogens with one attached hydrogen (secondary N) is 1. The first-order valence-electron chi connectivity index (χ1n) is 5.45. The first-order valence-corrected chi connectivity index (χ1v) is 7.31. The molecule has 6 nitrogen and oxygen atoms in total. The summed E-state index contributed by atoms with van der Waals surface area (Å²) in [6, 6.07) is 9.02. The van der Waals surface area contributed by atoms with Gasteiger partial charge < -0.3 is 0 Å². The number of hydrogen-bond acceptors (Lipinski definition) is 5. The van der Waals surface area contributed by atoms with Crippen LogP contribution >= 0.6 is 11.6 Å². The van der Waals surface area contributed by atoms with E-state index < -0.39 is 10.0 Å². The number of benzene rings is 1. The van der Waals surface area contributed by atoms with Gasteiger partial charge in [-0.15, -0.1) is 0 Å². The Morgan fingerprint density at radius 2 is 2.05 bits per heavy atom. The summed E-state index contributed by atoms with van der Waals surface area (Å²) in [5.74, 6) is -0.114. The van der Waals surface area contributed by atoms with Crippen LogP contribution in [-0.2, 0) is 10.0 Å². The van der Waals surface area contributed by atoms with E-state index in [0.29, 0.717) is 5.69 Å². The van der Waals surface area contributed by atoms with E-state index >= 15 is 0 Å². The topological polar surface area (TPSA) is 95.7 Å². The maximum Gasteiger partial charge on any atom is 0.264 e. The van der Waals surface area contributed by atoms with Gasteiger partial charge in [-0.3, -0.25) is 0 Å². The summed E-state index contributed by atoms with van der Waals surface area (Å²) in [5.41, 5.74) is 0.782. The molecule has 102 valence electrons. The van der Waals surface area contributed by atoms with Crippen molar-refractivity contribution in [3.8, 4) is 6.07 Å². The fourth-order valence-corrected chi connectivity index (χ4v) is 2.71. The molecule has 20 heavy (non-hydrogen) atoms. The van der Waals surface area contributed by atoms with Crippen molar-refractivity contribution in [2.24, 2.45) is 0 Å². The van der Waals surface area contributed by atoms with Crippen molar-refractivity contribution in [1.29, 1.82) is 5.26 Å². The molecule has 2 aromatic rings. The molecule has 1 aromatic heterocycles. The third-order valence-corrected chi connectivity index (χ3v) is 3.84. The number of halogens is 1. The molecule has 0 amide bonds. The molecule has 0 atom stereocenters. The van der Waals surface area contributed by atoms with Crippen LogP contribution in [0.5, 0.6) is 0 Å². The van der Waals surface area contributed by atoms with Crippen LogP contribution in [0.25, 0.3) is 0 Å². The molecule has 8 heteroatoms. The molecule has 2 rings (SSSR count). The van der Waals surface area contributed by atoms with Crippen molar-refractivity contribution in [2.45, 2.75) is 11.8 Å². The highest BCUT2D eigenvalue weighted by molar-refractivity contribution is 7.92. The Morgan fingerprint density at radius 3 is 2.70 bits per heavy atom. The van der Waals surface area contributed by atoms with Gasteiger partial charge in [0.05, 0.1) is 16.5 Å². The van der Waals surface area contributed by atoms with Gasteiger partial charge in [0, 0.05) is 5.69 Å². The average molecular weight is 309 g/mol. The van der Waals surface area contributed by atoms with Crippen LogP contribution < -0.4 is 4.72 Å². The lowest BCUT2D eigenvalue weighted by Crippen LogP contribution is -2.15. The Hall–Kier alpha value is -2.17. The third-order valence-electron chi connectivity index (χ3n) is 2.32. The van der Waals surface area contributed by atoms with Crippen molar-refractivity contribution in [2.75, 3.05) is 4.72 Å². The summed E-state index contributed by atoms with van der Waals surface area (Å²) in [6.45, 7) is 1.67. The molecule has 0 aliphatic carbocycles. The minimum Gasteiger partial charge on any atom is -0.247 e. The van der Waals surface area contributed by atoms with Gasteiger partial charge in [-0.05, 0) is 31.2 Å². The van der Waals surface area contributed by atoms with Crippen molar-refractivity contribution < 1.29 is 8.42 Å². The highest BCUT2D eigenvalue weighted by atomic mass is 35.5. The van der Waals surface area contributed by atoms with Crippen LogP contribution in [0, 0.1) is 18.3 Å². The van der Waals surface area contributed by atoms with Gasteiger partial charge in [-0.25, -0.2) is 23.1 Å². The van der Waals surface area contributed by atoms with E-state index in [1.54, 1.807) is 6.92 Å². The molecule has 0 unspecified atom stereocenters. The number of hydrogen-bond donors (Lipinski definition) is 1. The van der Waals surface area contributed by atoms with Gasteiger partial charge in [0.25, 0.3) is 10.0 Å². The monoisotopic (exact) mass is 308 g/mol. The Labute approximate surface area is 121 Å². The van der Waals surface area contributed by atoms with E-state index in [0.717, 1.165) is 0 Å². The third kappa shape index (κ3) is 3.23. The van der Waals surface area contributed by atoms with Gasteiger partial charge >= 0.3 is 0 Å². The number of nitriles is 1. The minimum absolute atomic E-state index is 0.0437. The Kier molecular flexibility index (Phi) is 3.88. The van der Waals surface area contributed by atoms with E-state index in [-0.39, 0.29) is 21.6 Å². The quantitative estimate of drug-likeness (QED) is 0.876. The van der Waals surface area contributed by atoms with Crippen LogP contribution in [-0.4, -0.2) is 18.4 Å². The number of sulfonamides is 1. The fourth-order valence-electron chi connectivity index (χ4n) is 1.49. The van der Waals surface area contributed by atoms with E-state index in [1.807, 2.05) is 6.07 Å². The van der Waals surface area contributed by atoms with Crippen LogP contribution in [0.4, 0.5) is 5.95 Å². The molecule has 0 fully saturated rings. The van der Waals surface area contributed by atoms with Crippen LogP contribution in [0.2, 0.25) is 5.15 Å². The highest BCUT2D eigenvalue weighted by Gasteiger charge is 2.16. The first kappa shape index (κ1) is 14.2. The first-order chi connectivity index (χ1) is 9.40. The summed E-state index contributed by atoms with van der Waals surface area (Å²) in [5, 5.41) is 8.92. The lowest BCUT2D eigenvalue weighted by molar-refractivity contribution is 0.600. The second-order valence-electron chi connectivity index (χ2n) is 3.90. The van der Waals surface area contributed by atoms with Crippen molar-refractivity contribution >= 4 is 27.6 Å². The van der Waals surface area contributed by atoms with Crippen molar-refractivity contribution in [1.82, 2.24) is 9.97 Å². The molecule has 1 N–H and O–H groups in total. The van der Waals surface area contributed by atoms with Gasteiger partial charge in [0.1, 0.15) is 5.15 Å². The zero-order chi connectivity index (χ0) is 14.8. The smallest absolute Gasteiger partial charge is 0.247 e. The van der Waals surface area contributed by atoms with Crippen molar-refractivity contribution in [3.05, 3.63) is 46.7 Å². The van der Waals surface area contributed by atoms with Gasteiger partial charge in [-0.2, -0.15) is 5.26 Å². The van der Waals surface area contributed by atoms with Gasteiger partial charge in [0.2, 0.25) is 5.95 Å². The molecule has 0 aliphatic heterocycles. The Balaban J connectivity index is 2.38. The molecule has 0 saturated carbocycles. The maximum atomic E-state index is 12.1. The molecular formula is C12H9ClN4O2S. The number of aryl methyl sites for hydroxylation is 1. The second-order valence-corrected chi connectivity index (χ2v) is 5.97. The van der Waals surface area contributed by atoms with E-state index in [2.05, 4.69) is 14.7 Å². The fraction of sp³-hybridized carbons (Fsp3) is 0.0833. The second kappa shape index (κ2) is 5.45. The zero-order valence-corrected chi connectivity index (χ0v) is 11.9. The molecule has 0 saturated heterocycles. The molecule has 0 radical (unpaired) electrons. The molecular weight excluding hydrogens is 300 g/mol.